The monoisotopic (exact) mass is 360 g/mol. The summed E-state index contributed by atoms with van der Waals surface area (Å²) >= 11 is 1.78. The van der Waals surface area contributed by atoms with E-state index in [9.17, 15) is 0 Å². The Morgan fingerprint density at radius 1 is 1.08 bits per heavy atom. The molecule has 130 valence electrons. The van der Waals surface area contributed by atoms with Crippen LogP contribution in [0, 0.1) is 0 Å². The third-order valence-corrected chi connectivity index (χ3v) is 5.37. The number of benzene rings is 1. The van der Waals surface area contributed by atoms with Crippen LogP contribution in [0.25, 0.3) is 16.9 Å². The van der Waals surface area contributed by atoms with Gasteiger partial charge in [-0.05, 0) is 42.6 Å². The number of nitrogens with zero attached hydrogens (tertiary/aromatic N) is 3. The van der Waals surface area contributed by atoms with E-state index in [4.69, 9.17) is 5.10 Å². The molecule has 0 aliphatic heterocycles. The zero-order valence-electron chi connectivity index (χ0n) is 14.5. The lowest BCUT2D eigenvalue weighted by atomic mass is 10.1. The first-order chi connectivity index (χ1) is 12.8. The molecular formula is C21H20N4S. The van der Waals surface area contributed by atoms with Gasteiger partial charge >= 0.3 is 0 Å². The van der Waals surface area contributed by atoms with Gasteiger partial charge in [-0.2, -0.15) is 5.10 Å². The van der Waals surface area contributed by atoms with E-state index in [0.29, 0.717) is 6.04 Å². The standard InChI is InChI=1S/C21H20N4S/c1-16(20-10-6-12-26-20)23-14-18-15-25(19-8-3-2-4-9-19)24-21(18)17-7-5-11-22-13-17/h2-13,15-16,23H,14H2,1H3/t16-/m0/s1. The van der Waals surface area contributed by atoms with Gasteiger partial charge < -0.3 is 5.32 Å². The van der Waals surface area contributed by atoms with Crippen LogP contribution in [-0.2, 0) is 6.54 Å². The summed E-state index contributed by atoms with van der Waals surface area (Å²) in [5, 5.41) is 10.6. The zero-order valence-corrected chi connectivity index (χ0v) is 15.4. The Morgan fingerprint density at radius 2 is 1.96 bits per heavy atom. The number of aromatic nitrogens is 3. The van der Waals surface area contributed by atoms with Gasteiger partial charge in [0.1, 0.15) is 0 Å². The highest BCUT2D eigenvalue weighted by atomic mass is 32.1. The Morgan fingerprint density at radius 3 is 2.69 bits per heavy atom. The topological polar surface area (TPSA) is 42.7 Å². The quantitative estimate of drug-likeness (QED) is 0.535. The molecule has 4 aromatic rings. The fraction of sp³-hybridized carbons (Fsp3) is 0.143. The maximum Gasteiger partial charge on any atom is 0.0988 e. The van der Waals surface area contributed by atoms with Crippen molar-refractivity contribution in [1.82, 2.24) is 20.1 Å². The van der Waals surface area contributed by atoms with E-state index < -0.39 is 0 Å². The van der Waals surface area contributed by atoms with Gasteiger partial charge in [-0.25, -0.2) is 4.68 Å². The Labute approximate surface area is 157 Å². The highest BCUT2D eigenvalue weighted by Crippen LogP contribution is 2.24. The molecule has 1 N–H and O–H groups in total. The molecule has 0 unspecified atom stereocenters. The molecule has 0 aliphatic rings. The van der Waals surface area contributed by atoms with Crippen LogP contribution in [0.1, 0.15) is 23.4 Å². The lowest BCUT2D eigenvalue weighted by molar-refractivity contribution is 0.583. The number of pyridine rings is 1. The molecule has 26 heavy (non-hydrogen) atoms. The van der Waals surface area contributed by atoms with Crippen LogP contribution >= 0.6 is 11.3 Å². The summed E-state index contributed by atoms with van der Waals surface area (Å²) in [6.45, 7) is 2.94. The first kappa shape index (κ1) is 16.7. The maximum atomic E-state index is 4.83. The fourth-order valence-corrected chi connectivity index (χ4v) is 3.66. The van der Waals surface area contributed by atoms with E-state index in [-0.39, 0.29) is 0 Å². The van der Waals surface area contributed by atoms with Crippen LogP contribution in [0.3, 0.4) is 0 Å². The Hall–Kier alpha value is -2.76. The first-order valence-corrected chi connectivity index (χ1v) is 9.50. The number of hydrogen-bond acceptors (Lipinski definition) is 4. The SMILES string of the molecule is C[C@H](NCc1cn(-c2ccccc2)nc1-c1cccnc1)c1cccs1. The highest BCUT2D eigenvalue weighted by molar-refractivity contribution is 7.10. The molecule has 0 saturated carbocycles. The predicted molar refractivity (Wildman–Crippen MR) is 106 cm³/mol. The van der Waals surface area contributed by atoms with E-state index in [1.165, 1.54) is 4.88 Å². The molecule has 3 heterocycles. The number of thiophene rings is 1. The van der Waals surface area contributed by atoms with Gasteiger partial charge in [0, 0.05) is 47.2 Å². The summed E-state index contributed by atoms with van der Waals surface area (Å²) < 4.78 is 1.94. The minimum atomic E-state index is 0.303. The second-order valence-electron chi connectivity index (χ2n) is 6.14. The molecule has 0 aliphatic carbocycles. The third-order valence-electron chi connectivity index (χ3n) is 4.31. The van der Waals surface area contributed by atoms with Crippen molar-refractivity contribution in [3.8, 4) is 16.9 Å². The van der Waals surface area contributed by atoms with Gasteiger partial charge in [-0.15, -0.1) is 11.3 Å². The molecule has 0 bridgehead atoms. The van der Waals surface area contributed by atoms with Gasteiger partial charge in [-0.1, -0.05) is 24.3 Å². The molecule has 0 spiro atoms. The normalized spacial score (nSPS) is 12.2. The van der Waals surface area contributed by atoms with Gasteiger partial charge in [0.2, 0.25) is 0 Å². The molecule has 1 aromatic carbocycles. The number of nitrogens with one attached hydrogen (secondary N) is 1. The minimum Gasteiger partial charge on any atom is -0.305 e. The van der Waals surface area contributed by atoms with E-state index in [2.05, 4.69) is 59.1 Å². The molecule has 3 aromatic heterocycles. The van der Waals surface area contributed by atoms with Crippen molar-refractivity contribution in [3.05, 3.63) is 89.0 Å². The second-order valence-corrected chi connectivity index (χ2v) is 7.12. The highest BCUT2D eigenvalue weighted by Gasteiger charge is 2.14. The summed E-state index contributed by atoms with van der Waals surface area (Å²) in [5.41, 5.74) is 4.20. The summed E-state index contributed by atoms with van der Waals surface area (Å²) in [5.74, 6) is 0. The number of rotatable bonds is 6. The Bertz CT molecular complexity index is 946. The molecule has 4 rings (SSSR count). The van der Waals surface area contributed by atoms with Crippen LogP contribution in [-0.4, -0.2) is 14.8 Å². The largest absolute Gasteiger partial charge is 0.305 e. The minimum absolute atomic E-state index is 0.303. The smallest absolute Gasteiger partial charge is 0.0988 e. The maximum absolute atomic E-state index is 4.83. The van der Waals surface area contributed by atoms with Gasteiger partial charge in [0.15, 0.2) is 0 Å². The molecule has 0 saturated heterocycles. The van der Waals surface area contributed by atoms with Crippen molar-refractivity contribution in [2.75, 3.05) is 0 Å². The molecule has 5 heteroatoms. The van der Waals surface area contributed by atoms with Crippen molar-refractivity contribution in [1.29, 1.82) is 0 Å². The van der Waals surface area contributed by atoms with Crippen LogP contribution in [0.5, 0.6) is 0 Å². The fourth-order valence-electron chi connectivity index (χ4n) is 2.90. The van der Waals surface area contributed by atoms with E-state index in [1.807, 2.05) is 35.1 Å². The van der Waals surface area contributed by atoms with Crippen molar-refractivity contribution in [3.63, 3.8) is 0 Å². The van der Waals surface area contributed by atoms with Crippen molar-refractivity contribution < 1.29 is 0 Å². The molecule has 4 nitrogen and oxygen atoms in total. The summed E-state index contributed by atoms with van der Waals surface area (Å²) in [6, 6.07) is 18.7. The van der Waals surface area contributed by atoms with Gasteiger partial charge in [0.05, 0.1) is 11.4 Å². The lowest BCUT2D eigenvalue weighted by Crippen LogP contribution is -2.17. The summed E-state index contributed by atoms with van der Waals surface area (Å²) in [4.78, 5) is 5.59. The van der Waals surface area contributed by atoms with Crippen molar-refractivity contribution in [2.45, 2.75) is 19.5 Å². The molecule has 0 amide bonds. The summed E-state index contributed by atoms with van der Waals surface area (Å²) in [6.07, 6.45) is 5.75. The Kier molecular flexibility index (Phi) is 4.91. The zero-order chi connectivity index (χ0) is 17.8. The molecule has 1 atom stereocenters. The van der Waals surface area contributed by atoms with E-state index in [0.717, 1.165) is 29.1 Å². The second kappa shape index (κ2) is 7.64. The van der Waals surface area contributed by atoms with Crippen LogP contribution in [0.4, 0.5) is 0 Å². The molecule has 0 radical (unpaired) electrons. The number of hydrogen-bond donors (Lipinski definition) is 1. The molecule has 0 fully saturated rings. The van der Waals surface area contributed by atoms with Crippen molar-refractivity contribution >= 4 is 11.3 Å². The van der Waals surface area contributed by atoms with Crippen LogP contribution in [0.15, 0.2) is 78.6 Å². The van der Waals surface area contributed by atoms with E-state index >= 15 is 0 Å². The van der Waals surface area contributed by atoms with Gasteiger partial charge in [0.25, 0.3) is 0 Å². The first-order valence-electron chi connectivity index (χ1n) is 8.62. The predicted octanol–water partition coefficient (Wildman–Crippen LogP) is 4.85. The van der Waals surface area contributed by atoms with Gasteiger partial charge in [-0.3, -0.25) is 4.98 Å². The average Bonchev–Trinajstić information content (AvgIpc) is 3.38. The average molecular weight is 360 g/mol. The summed E-state index contributed by atoms with van der Waals surface area (Å²) in [7, 11) is 0. The third kappa shape index (κ3) is 3.59. The van der Waals surface area contributed by atoms with Crippen molar-refractivity contribution in [2.24, 2.45) is 0 Å². The van der Waals surface area contributed by atoms with E-state index in [1.54, 1.807) is 17.5 Å². The Balaban J connectivity index is 1.64. The van der Waals surface area contributed by atoms with Crippen LogP contribution in [0.2, 0.25) is 0 Å². The lowest BCUT2D eigenvalue weighted by Gasteiger charge is -2.11. The van der Waals surface area contributed by atoms with Crippen LogP contribution < -0.4 is 5.32 Å². The molecular weight excluding hydrogens is 340 g/mol. The number of para-hydroxylation sites is 1.